The third-order valence-electron chi connectivity index (χ3n) is 5.36. The first kappa shape index (κ1) is 23.1. The Morgan fingerprint density at radius 2 is 1.94 bits per heavy atom. The SMILES string of the molecule is Cc1cc(Nc2nccc(C(F)(F)F)n2)cc(-c2ccc(C(=O)N3CCNC(=O)C3C)nc2)c1. The molecule has 34 heavy (non-hydrogen) atoms. The minimum atomic E-state index is -4.57. The van der Waals surface area contributed by atoms with Gasteiger partial charge in [0.2, 0.25) is 11.9 Å². The zero-order valence-electron chi connectivity index (χ0n) is 18.3. The van der Waals surface area contributed by atoms with Gasteiger partial charge in [-0.3, -0.25) is 14.6 Å². The highest BCUT2D eigenvalue weighted by molar-refractivity contribution is 5.97. The average Bonchev–Trinajstić information content (AvgIpc) is 2.80. The minimum absolute atomic E-state index is 0.176. The van der Waals surface area contributed by atoms with Gasteiger partial charge in [0.1, 0.15) is 17.4 Å². The molecular formula is C23H21F3N6O2. The van der Waals surface area contributed by atoms with Crippen molar-refractivity contribution < 1.29 is 22.8 Å². The molecule has 0 aliphatic carbocycles. The predicted octanol–water partition coefficient (Wildman–Crippen LogP) is 3.57. The first-order valence-corrected chi connectivity index (χ1v) is 10.5. The highest BCUT2D eigenvalue weighted by Crippen LogP contribution is 2.29. The van der Waals surface area contributed by atoms with E-state index in [1.807, 2.05) is 13.0 Å². The summed E-state index contributed by atoms with van der Waals surface area (Å²) in [6.07, 6.45) is -1.99. The predicted molar refractivity (Wildman–Crippen MR) is 118 cm³/mol. The third kappa shape index (κ3) is 4.98. The molecule has 1 aliphatic heterocycles. The zero-order valence-corrected chi connectivity index (χ0v) is 18.3. The number of amides is 2. The molecule has 0 radical (unpaired) electrons. The van der Waals surface area contributed by atoms with Crippen molar-refractivity contribution in [2.75, 3.05) is 18.4 Å². The van der Waals surface area contributed by atoms with Gasteiger partial charge in [-0.25, -0.2) is 9.97 Å². The largest absolute Gasteiger partial charge is 0.433 e. The van der Waals surface area contributed by atoms with Crippen LogP contribution >= 0.6 is 0 Å². The van der Waals surface area contributed by atoms with E-state index in [1.165, 1.54) is 4.90 Å². The summed E-state index contributed by atoms with van der Waals surface area (Å²) in [6.45, 7) is 4.30. The number of benzene rings is 1. The number of hydrogen-bond donors (Lipinski definition) is 2. The molecule has 1 unspecified atom stereocenters. The molecule has 1 aromatic carbocycles. The van der Waals surface area contributed by atoms with Crippen LogP contribution in [0.1, 0.15) is 28.7 Å². The Bertz CT molecular complexity index is 1230. The molecule has 0 spiro atoms. The highest BCUT2D eigenvalue weighted by Gasteiger charge is 2.33. The number of aryl methyl sites for hydroxylation is 1. The van der Waals surface area contributed by atoms with Crippen LogP contribution in [0.4, 0.5) is 24.8 Å². The normalized spacial score (nSPS) is 16.2. The number of carbonyl (C=O) groups is 2. The van der Waals surface area contributed by atoms with Crippen LogP contribution in [-0.4, -0.2) is 50.8 Å². The van der Waals surface area contributed by atoms with Gasteiger partial charge in [-0.05, 0) is 49.2 Å². The highest BCUT2D eigenvalue weighted by atomic mass is 19.4. The van der Waals surface area contributed by atoms with Crippen LogP contribution in [0.3, 0.4) is 0 Å². The number of pyridine rings is 1. The number of anilines is 2. The first-order valence-electron chi connectivity index (χ1n) is 10.5. The molecule has 3 aromatic rings. The van der Waals surface area contributed by atoms with Gasteiger partial charge in [0.25, 0.3) is 5.91 Å². The van der Waals surface area contributed by atoms with Crippen molar-refractivity contribution in [3.63, 3.8) is 0 Å². The summed E-state index contributed by atoms with van der Waals surface area (Å²) in [7, 11) is 0. The second-order valence-corrected chi connectivity index (χ2v) is 7.87. The second kappa shape index (κ2) is 9.08. The van der Waals surface area contributed by atoms with Gasteiger partial charge in [0.15, 0.2) is 0 Å². The van der Waals surface area contributed by atoms with Crippen molar-refractivity contribution in [1.29, 1.82) is 0 Å². The Kier molecular flexibility index (Phi) is 6.18. The van der Waals surface area contributed by atoms with Crippen LogP contribution in [0.5, 0.6) is 0 Å². The molecule has 1 aliphatic rings. The van der Waals surface area contributed by atoms with E-state index in [2.05, 4.69) is 25.6 Å². The fourth-order valence-corrected chi connectivity index (χ4v) is 3.63. The van der Waals surface area contributed by atoms with Crippen LogP contribution in [0.2, 0.25) is 0 Å². The van der Waals surface area contributed by atoms with Crippen molar-refractivity contribution >= 4 is 23.5 Å². The van der Waals surface area contributed by atoms with E-state index in [-0.39, 0.29) is 23.5 Å². The Labute approximate surface area is 193 Å². The van der Waals surface area contributed by atoms with Crippen LogP contribution < -0.4 is 10.6 Å². The van der Waals surface area contributed by atoms with Gasteiger partial charge in [0.05, 0.1) is 0 Å². The monoisotopic (exact) mass is 470 g/mol. The molecule has 3 heterocycles. The first-order chi connectivity index (χ1) is 16.1. The second-order valence-electron chi connectivity index (χ2n) is 7.87. The summed E-state index contributed by atoms with van der Waals surface area (Å²) in [5.41, 5.74) is 1.98. The lowest BCUT2D eigenvalue weighted by Crippen LogP contribution is -2.55. The summed E-state index contributed by atoms with van der Waals surface area (Å²) in [5.74, 6) is -0.715. The maximum atomic E-state index is 12.9. The quantitative estimate of drug-likeness (QED) is 0.605. The Hall–Kier alpha value is -4.02. The topological polar surface area (TPSA) is 100 Å². The maximum absolute atomic E-state index is 12.9. The number of piperazine rings is 1. The van der Waals surface area contributed by atoms with Gasteiger partial charge in [0, 0.05) is 36.7 Å². The van der Waals surface area contributed by atoms with Crippen molar-refractivity contribution in [2.45, 2.75) is 26.1 Å². The number of hydrogen-bond acceptors (Lipinski definition) is 6. The van der Waals surface area contributed by atoms with E-state index in [0.717, 1.165) is 23.4 Å². The lowest BCUT2D eigenvalue weighted by molar-refractivity contribution is -0.141. The molecule has 176 valence electrons. The van der Waals surface area contributed by atoms with Gasteiger partial charge in [-0.2, -0.15) is 13.2 Å². The summed E-state index contributed by atoms with van der Waals surface area (Å²) < 4.78 is 38.8. The number of alkyl halides is 3. The van der Waals surface area contributed by atoms with E-state index in [4.69, 9.17) is 0 Å². The van der Waals surface area contributed by atoms with E-state index >= 15 is 0 Å². The lowest BCUT2D eigenvalue weighted by atomic mass is 10.0. The summed E-state index contributed by atoms with van der Waals surface area (Å²) in [4.78, 5) is 37.8. The molecule has 11 heteroatoms. The number of aromatic nitrogens is 3. The fraction of sp³-hybridized carbons (Fsp3) is 0.261. The molecule has 0 bridgehead atoms. The van der Waals surface area contributed by atoms with Gasteiger partial charge in [-0.1, -0.05) is 12.1 Å². The lowest BCUT2D eigenvalue weighted by Gasteiger charge is -2.32. The maximum Gasteiger partial charge on any atom is 0.433 e. The van der Waals surface area contributed by atoms with Crippen LogP contribution in [0.25, 0.3) is 11.1 Å². The van der Waals surface area contributed by atoms with Crippen molar-refractivity contribution in [3.05, 3.63) is 65.7 Å². The zero-order chi connectivity index (χ0) is 24.5. The minimum Gasteiger partial charge on any atom is -0.353 e. The van der Waals surface area contributed by atoms with Crippen molar-refractivity contribution in [1.82, 2.24) is 25.2 Å². The number of halogens is 3. The standard InChI is InChI=1S/C23H21F3N6O2/c1-13-9-16(11-17(10-13)30-22-28-6-5-19(31-22)23(24,25)26)15-3-4-18(29-12-15)21(34)32-8-7-27-20(33)14(32)2/h3-6,9-12,14H,7-8H2,1-2H3,(H,27,33)(H,28,30,31). The molecule has 1 saturated heterocycles. The summed E-state index contributed by atoms with van der Waals surface area (Å²) in [6, 6.07) is 8.90. The Balaban J connectivity index is 1.55. The Morgan fingerprint density at radius 3 is 2.65 bits per heavy atom. The third-order valence-corrected chi connectivity index (χ3v) is 5.36. The molecule has 2 N–H and O–H groups in total. The van der Waals surface area contributed by atoms with Crippen molar-refractivity contribution in [2.24, 2.45) is 0 Å². The van der Waals surface area contributed by atoms with Crippen LogP contribution in [0, 0.1) is 6.92 Å². The molecule has 4 rings (SSSR count). The van der Waals surface area contributed by atoms with Crippen LogP contribution in [0.15, 0.2) is 48.8 Å². The van der Waals surface area contributed by atoms with Gasteiger partial charge in [-0.15, -0.1) is 0 Å². The molecule has 2 amide bonds. The summed E-state index contributed by atoms with van der Waals surface area (Å²) >= 11 is 0. The molecule has 8 nitrogen and oxygen atoms in total. The average molecular weight is 470 g/mol. The number of carbonyl (C=O) groups excluding carboxylic acids is 2. The summed E-state index contributed by atoms with van der Waals surface area (Å²) in [5, 5.41) is 5.52. The molecule has 0 saturated carbocycles. The number of nitrogens with zero attached hydrogens (tertiary/aromatic N) is 4. The van der Waals surface area contributed by atoms with E-state index < -0.39 is 17.9 Å². The molecular weight excluding hydrogens is 449 g/mol. The molecule has 2 aromatic heterocycles. The molecule has 1 fully saturated rings. The number of rotatable bonds is 4. The number of nitrogens with one attached hydrogen (secondary N) is 2. The van der Waals surface area contributed by atoms with Crippen molar-refractivity contribution in [3.8, 4) is 11.1 Å². The molecule has 1 atom stereocenters. The van der Waals surface area contributed by atoms with Crippen LogP contribution in [-0.2, 0) is 11.0 Å². The Morgan fingerprint density at radius 1 is 1.15 bits per heavy atom. The fourth-order valence-electron chi connectivity index (χ4n) is 3.63. The van der Waals surface area contributed by atoms with E-state index in [9.17, 15) is 22.8 Å². The van der Waals surface area contributed by atoms with E-state index in [0.29, 0.717) is 24.3 Å². The smallest absolute Gasteiger partial charge is 0.353 e. The van der Waals surface area contributed by atoms with E-state index in [1.54, 1.807) is 37.4 Å². The van der Waals surface area contributed by atoms with Gasteiger partial charge >= 0.3 is 6.18 Å². The van der Waals surface area contributed by atoms with Gasteiger partial charge < -0.3 is 15.5 Å².